The predicted octanol–water partition coefficient (Wildman–Crippen LogP) is 1.98. The summed E-state index contributed by atoms with van der Waals surface area (Å²) in [6.07, 6.45) is 0. The third-order valence-electron chi connectivity index (χ3n) is 2.00. The van der Waals surface area contributed by atoms with Crippen LogP contribution >= 0.6 is 15.9 Å². The fourth-order valence-corrected chi connectivity index (χ4v) is 1.72. The molecule has 0 aliphatic rings. The standard InChI is InChI=1S/C10H14BrFN2/c1-14(6-5-13)7-8-9(11)3-2-4-10(8)12/h2-4H,5-7,13H2,1H3. The molecule has 0 aliphatic carbocycles. The zero-order valence-electron chi connectivity index (χ0n) is 8.13. The highest BCUT2D eigenvalue weighted by molar-refractivity contribution is 9.10. The molecule has 0 atom stereocenters. The minimum atomic E-state index is -0.178. The first kappa shape index (κ1) is 11.6. The van der Waals surface area contributed by atoms with Gasteiger partial charge in [0.25, 0.3) is 0 Å². The molecule has 0 amide bonds. The summed E-state index contributed by atoms with van der Waals surface area (Å²) in [5.41, 5.74) is 6.10. The Bertz CT molecular complexity index is 284. The molecular formula is C10H14BrFN2. The smallest absolute Gasteiger partial charge is 0.128 e. The number of halogens is 2. The second-order valence-corrected chi connectivity index (χ2v) is 4.08. The average molecular weight is 261 g/mol. The molecule has 0 aliphatic heterocycles. The van der Waals surface area contributed by atoms with Gasteiger partial charge in [-0.1, -0.05) is 22.0 Å². The van der Waals surface area contributed by atoms with Gasteiger partial charge in [0.2, 0.25) is 0 Å². The lowest BCUT2D eigenvalue weighted by molar-refractivity contribution is 0.329. The van der Waals surface area contributed by atoms with Crippen LogP contribution < -0.4 is 5.73 Å². The van der Waals surface area contributed by atoms with Gasteiger partial charge in [0, 0.05) is 29.7 Å². The Balaban J connectivity index is 2.75. The third-order valence-corrected chi connectivity index (χ3v) is 2.74. The second kappa shape index (κ2) is 5.44. The molecule has 0 unspecified atom stereocenters. The zero-order valence-corrected chi connectivity index (χ0v) is 9.72. The maximum Gasteiger partial charge on any atom is 0.128 e. The van der Waals surface area contributed by atoms with Crippen LogP contribution in [0.4, 0.5) is 4.39 Å². The summed E-state index contributed by atoms with van der Waals surface area (Å²) < 4.78 is 14.2. The van der Waals surface area contributed by atoms with Gasteiger partial charge in [-0.3, -0.25) is 0 Å². The molecule has 1 aromatic carbocycles. The van der Waals surface area contributed by atoms with Crippen molar-refractivity contribution in [2.24, 2.45) is 5.73 Å². The molecule has 14 heavy (non-hydrogen) atoms. The lowest BCUT2D eigenvalue weighted by Gasteiger charge is -2.16. The minimum Gasteiger partial charge on any atom is -0.329 e. The van der Waals surface area contributed by atoms with Gasteiger partial charge in [0.05, 0.1) is 0 Å². The first-order chi connectivity index (χ1) is 6.65. The second-order valence-electron chi connectivity index (χ2n) is 3.23. The van der Waals surface area contributed by atoms with E-state index in [2.05, 4.69) is 15.9 Å². The van der Waals surface area contributed by atoms with E-state index in [-0.39, 0.29) is 5.82 Å². The van der Waals surface area contributed by atoms with Crippen molar-refractivity contribution in [1.29, 1.82) is 0 Å². The van der Waals surface area contributed by atoms with Gasteiger partial charge in [-0.2, -0.15) is 0 Å². The summed E-state index contributed by atoms with van der Waals surface area (Å²) in [6, 6.07) is 5.00. The number of rotatable bonds is 4. The molecule has 4 heteroatoms. The quantitative estimate of drug-likeness (QED) is 0.898. The van der Waals surface area contributed by atoms with Crippen LogP contribution in [0, 0.1) is 5.82 Å². The van der Waals surface area contributed by atoms with Crippen molar-refractivity contribution < 1.29 is 4.39 Å². The lowest BCUT2D eigenvalue weighted by Crippen LogP contribution is -2.25. The van der Waals surface area contributed by atoms with Crippen molar-refractivity contribution >= 4 is 15.9 Å². The summed E-state index contributed by atoms with van der Waals surface area (Å²) >= 11 is 3.33. The van der Waals surface area contributed by atoms with Crippen LogP contribution in [-0.2, 0) is 6.54 Å². The highest BCUT2D eigenvalue weighted by Gasteiger charge is 2.08. The zero-order chi connectivity index (χ0) is 10.6. The van der Waals surface area contributed by atoms with Crippen molar-refractivity contribution in [2.75, 3.05) is 20.1 Å². The van der Waals surface area contributed by atoms with E-state index in [4.69, 9.17) is 5.73 Å². The number of nitrogens with zero attached hydrogens (tertiary/aromatic N) is 1. The fourth-order valence-electron chi connectivity index (χ4n) is 1.25. The molecule has 0 saturated heterocycles. The maximum atomic E-state index is 13.4. The van der Waals surface area contributed by atoms with Gasteiger partial charge in [-0.25, -0.2) is 4.39 Å². The van der Waals surface area contributed by atoms with E-state index in [1.165, 1.54) is 6.07 Å². The van der Waals surface area contributed by atoms with E-state index in [0.717, 1.165) is 11.0 Å². The van der Waals surface area contributed by atoms with Crippen molar-refractivity contribution in [3.05, 3.63) is 34.1 Å². The fraction of sp³-hybridized carbons (Fsp3) is 0.400. The van der Waals surface area contributed by atoms with Gasteiger partial charge in [0.1, 0.15) is 5.82 Å². The van der Waals surface area contributed by atoms with Crippen molar-refractivity contribution in [3.8, 4) is 0 Å². The first-order valence-electron chi connectivity index (χ1n) is 4.46. The van der Waals surface area contributed by atoms with Gasteiger partial charge in [-0.15, -0.1) is 0 Å². The van der Waals surface area contributed by atoms with E-state index in [1.54, 1.807) is 6.07 Å². The monoisotopic (exact) mass is 260 g/mol. The predicted molar refractivity (Wildman–Crippen MR) is 59.5 cm³/mol. The molecule has 0 aromatic heterocycles. The molecular weight excluding hydrogens is 247 g/mol. The molecule has 2 N–H and O–H groups in total. The largest absolute Gasteiger partial charge is 0.329 e. The summed E-state index contributed by atoms with van der Waals surface area (Å²) in [5, 5.41) is 0. The minimum absolute atomic E-state index is 0.178. The average Bonchev–Trinajstić information content (AvgIpc) is 2.12. The van der Waals surface area contributed by atoms with E-state index < -0.39 is 0 Å². The van der Waals surface area contributed by atoms with Crippen molar-refractivity contribution in [3.63, 3.8) is 0 Å². The molecule has 1 rings (SSSR count). The summed E-state index contributed by atoms with van der Waals surface area (Å²) in [7, 11) is 1.92. The van der Waals surface area contributed by atoms with E-state index in [1.807, 2.05) is 18.0 Å². The molecule has 0 radical (unpaired) electrons. The summed E-state index contributed by atoms with van der Waals surface area (Å²) in [4.78, 5) is 1.99. The van der Waals surface area contributed by atoms with Crippen LogP contribution in [-0.4, -0.2) is 25.0 Å². The van der Waals surface area contributed by atoms with Crippen LogP contribution in [0.15, 0.2) is 22.7 Å². The SMILES string of the molecule is CN(CCN)Cc1c(F)cccc1Br. The molecule has 0 heterocycles. The molecule has 2 nitrogen and oxygen atoms in total. The van der Waals surface area contributed by atoms with Crippen molar-refractivity contribution in [2.45, 2.75) is 6.54 Å². The number of nitrogens with two attached hydrogens (primary N) is 1. The summed E-state index contributed by atoms with van der Waals surface area (Å²) in [5.74, 6) is -0.178. The Kier molecular flexibility index (Phi) is 4.51. The van der Waals surface area contributed by atoms with Gasteiger partial charge < -0.3 is 10.6 Å². The van der Waals surface area contributed by atoms with E-state index >= 15 is 0 Å². The van der Waals surface area contributed by atoms with Crippen LogP contribution in [0.1, 0.15) is 5.56 Å². The molecule has 0 spiro atoms. The maximum absolute atomic E-state index is 13.4. The Morgan fingerprint density at radius 1 is 1.50 bits per heavy atom. The van der Waals surface area contributed by atoms with E-state index in [0.29, 0.717) is 18.7 Å². The number of hydrogen-bond acceptors (Lipinski definition) is 2. The third kappa shape index (κ3) is 3.04. The molecule has 0 bridgehead atoms. The Labute approximate surface area is 92.0 Å². The highest BCUT2D eigenvalue weighted by atomic mass is 79.9. The number of hydrogen-bond donors (Lipinski definition) is 1. The van der Waals surface area contributed by atoms with Crippen LogP contribution in [0.5, 0.6) is 0 Å². The Morgan fingerprint density at radius 3 is 2.79 bits per heavy atom. The highest BCUT2D eigenvalue weighted by Crippen LogP contribution is 2.20. The van der Waals surface area contributed by atoms with Gasteiger partial charge >= 0.3 is 0 Å². The van der Waals surface area contributed by atoms with Gasteiger partial charge in [0.15, 0.2) is 0 Å². The first-order valence-corrected chi connectivity index (χ1v) is 5.26. The Hall–Kier alpha value is -0.450. The molecule has 1 aromatic rings. The summed E-state index contributed by atoms with van der Waals surface area (Å²) in [6.45, 7) is 1.92. The van der Waals surface area contributed by atoms with Crippen LogP contribution in [0.25, 0.3) is 0 Å². The number of benzene rings is 1. The molecule has 0 saturated carbocycles. The molecule has 78 valence electrons. The lowest BCUT2D eigenvalue weighted by atomic mass is 10.2. The van der Waals surface area contributed by atoms with E-state index in [9.17, 15) is 4.39 Å². The number of likely N-dealkylation sites (N-methyl/N-ethyl adjacent to an activating group) is 1. The molecule has 0 fully saturated rings. The van der Waals surface area contributed by atoms with Crippen molar-refractivity contribution in [1.82, 2.24) is 4.90 Å². The van der Waals surface area contributed by atoms with Crippen LogP contribution in [0.2, 0.25) is 0 Å². The van der Waals surface area contributed by atoms with Crippen LogP contribution in [0.3, 0.4) is 0 Å². The Morgan fingerprint density at radius 2 is 2.21 bits per heavy atom. The van der Waals surface area contributed by atoms with Gasteiger partial charge in [-0.05, 0) is 19.2 Å². The normalized spacial score (nSPS) is 10.9. The topological polar surface area (TPSA) is 29.3 Å².